The van der Waals surface area contributed by atoms with Gasteiger partial charge in [-0.1, -0.05) is 29.8 Å². The van der Waals surface area contributed by atoms with Crippen LogP contribution in [0.2, 0.25) is 0 Å². The summed E-state index contributed by atoms with van der Waals surface area (Å²) in [6.07, 6.45) is 0. The number of rotatable bonds is 6. The quantitative estimate of drug-likeness (QED) is 0.706. The second-order valence-corrected chi connectivity index (χ2v) is 7.22. The second kappa shape index (κ2) is 8.10. The van der Waals surface area contributed by atoms with Gasteiger partial charge in [-0.25, -0.2) is 4.79 Å². The highest BCUT2D eigenvalue weighted by Gasteiger charge is 2.49. The summed E-state index contributed by atoms with van der Waals surface area (Å²) in [7, 11) is 0. The third-order valence-electron chi connectivity index (χ3n) is 4.89. The fourth-order valence-electron chi connectivity index (χ4n) is 3.29. The number of hydrogen-bond donors (Lipinski definition) is 2. The first-order valence-electron chi connectivity index (χ1n) is 9.17. The molecule has 1 heterocycles. The van der Waals surface area contributed by atoms with Crippen LogP contribution in [-0.2, 0) is 15.1 Å². The molecule has 2 aromatic rings. The summed E-state index contributed by atoms with van der Waals surface area (Å²) in [4.78, 5) is 38.5. The Labute approximate surface area is 172 Å². The molecular weight excluding hydrogens is 396 g/mol. The summed E-state index contributed by atoms with van der Waals surface area (Å²) in [5.74, 6) is -1.21. The molecule has 0 saturated carbocycles. The van der Waals surface area contributed by atoms with Crippen LogP contribution in [0.4, 0.5) is 19.3 Å². The van der Waals surface area contributed by atoms with E-state index in [4.69, 9.17) is 0 Å². The molecule has 0 bridgehead atoms. The number of aryl methyl sites for hydroxylation is 2. The maximum Gasteiger partial charge on any atom is 0.387 e. The van der Waals surface area contributed by atoms with Crippen molar-refractivity contribution in [1.82, 2.24) is 10.2 Å². The Hall–Kier alpha value is -3.49. The van der Waals surface area contributed by atoms with Crippen LogP contribution < -0.4 is 15.4 Å². The van der Waals surface area contributed by atoms with Crippen molar-refractivity contribution >= 4 is 23.5 Å². The molecule has 0 radical (unpaired) electrons. The van der Waals surface area contributed by atoms with E-state index in [2.05, 4.69) is 15.4 Å². The van der Waals surface area contributed by atoms with Crippen LogP contribution in [0.15, 0.2) is 42.5 Å². The Morgan fingerprint density at radius 2 is 1.83 bits per heavy atom. The van der Waals surface area contributed by atoms with Gasteiger partial charge in [0.25, 0.3) is 5.91 Å². The van der Waals surface area contributed by atoms with Crippen molar-refractivity contribution < 1.29 is 27.9 Å². The Bertz CT molecular complexity index is 994. The fraction of sp³-hybridized carbons (Fsp3) is 0.286. The number of ether oxygens (including phenoxy) is 1. The van der Waals surface area contributed by atoms with Crippen molar-refractivity contribution in [1.29, 1.82) is 0 Å². The molecule has 2 aromatic carbocycles. The van der Waals surface area contributed by atoms with Crippen molar-refractivity contribution in [2.24, 2.45) is 0 Å². The van der Waals surface area contributed by atoms with Crippen LogP contribution in [0.1, 0.15) is 23.6 Å². The number of nitrogens with zero attached hydrogens (tertiary/aromatic N) is 1. The molecular formula is C21H21F2N3O4. The Kier molecular flexibility index (Phi) is 5.73. The predicted molar refractivity (Wildman–Crippen MR) is 105 cm³/mol. The van der Waals surface area contributed by atoms with Gasteiger partial charge in [-0.15, -0.1) is 0 Å². The lowest BCUT2D eigenvalue weighted by molar-refractivity contribution is -0.133. The van der Waals surface area contributed by atoms with Gasteiger partial charge in [0.2, 0.25) is 5.91 Å². The molecule has 158 valence electrons. The average molecular weight is 417 g/mol. The Morgan fingerprint density at radius 1 is 1.17 bits per heavy atom. The minimum atomic E-state index is -2.97. The normalized spacial score (nSPS) is 18.5. The monoisotopic (exact) mass is 417 g/mol. The smallest absolute Gasteiger partial charge is 0.387 e. The standard InChI is InChI=1S/C21H21F2N3O4/c1-12-4-9-16(13(2)10-12)24-17(27)11-26-18(28)21(3,25-20(26)29)14-5-7-15(8-6-14)30-19(22)23/h4-10,19H,11H2,1-3H3,(H,24,27)(H,25,29)/t21-/m1/s1. The number of hydrogen-bond acceptors (Lipinski definition) is 4. The number of amides is 4. The highest BCUT2D eigenvalue weighted by atomic mass is 19.3. The predicted octanol–water partition coefficient (Wildman–Crippen LogP) is 3.31. The number of benzene rings is 2. The van der Waals surface area contributed by atoms with E-state index in [9.17, 15) is 23.2 Å². The lowest BCUT2D eigenvalue weighted by atomic mass is 9.92. The Balaban J connectivity index is 1.72. The van der Waals surface area contributed by atoms with E-state index in [0.29, 0.717) is 11.3 Å². The summed E-state index contributed by atoms with van der Waals surface area (Å²) >= 11 is 0. The summed E-state index contributed by atoms with van der Waals surface area (Å²) in [6, 6.07) is 10.2. The largest absolute Gasteiger partial charge is 0.435 e. The van der Waals surface area contributed by atoms with Gasteiger partial charge in [0.15, 0.2) is 0 Å². The lowest BCUT2D eigenvalue weighted by Crippen LogP contribution is -2.42. The summed E-state index contributed by atoms with van der Waals surface area (Å²) in [5, 5.41) is 5.26. The molecule has 1 atom stereocenters. The van der Waals surface area contributed by atoms with Gasteiger partial charge >= 0.3 is 12.6 Å². The average Bonchev–Trinajstić information content (AvgIpc) is 2.88. The molecule has 0 aliphatic carbocycles. The second-order valence-electron chi connectivity index (χ2n) is 7.22. The molecule has 1 aliphatic heterocycles. The molecule has 1 aliphatic rings. The SMILES string of the molecule is Cc1ccc(NC(=O)CN2C(=O)N[C@](C)(c3ccc(OC(F)F)cc3)C2=O)c(C)c1. The van der Waals surface area contributed by atoms with E-state index < -0.39 is 36.5 Å². The molecule has 1 saturated heterocycles. The molecule has 0 unspecified atom stereocenters. The van der Waals surface area contributed by atoms with Crippen molar-refractivity contribution in [3.63, 3.8) is 0 Å². The Morgan fingerprint density at radius 3 is 2.43 bits per heavy atom. The summed E-state index contributed by atoms with van der Waals surface area (Å²) in [5.41, 5.74) is 1.44. The van der Waals surface area contributed by atoms with E-state index in [1.807, 2.05) is 26.0 Å². The number of anilines is 1. The third-order valence-corrected chi connectivity index (χ3v) is 4.89. The van der Waals surface area contributed by atoms with Gasteiger partial charge in [-0.05, 0) is 50.1 Å². The minimum Gasteiger partial charge on any atom is -0.435 e. The molecule has 30 heavy (non-hydrogen) atoms. The zero-order valence-corrected chi connectivity index (χ0v) is 16.7. The number of urea groups is 1. The van der Waals surface area contributed by atoms with Crippen LogP contribution in [0, 0.1) is 13.8 Å². The van der Waals surface area contributed by atoms with Crippen LogP contribution in [0.5, 0.6) is 5.75 Å². The molecule has 0 aromatic heterocycles. The number of imide groups is 1. The summed E-state index contributed by atoms with van der Waals surface area (Å²) in [6.45, 7) is 1.83. The van der Waals surface area contributed by atoms with E-state index in [1.54, 1.807) is 6.07 Å². The summed E-state index contributed by atoms with van der Waals surface area (Å²) < 4.78 is 28.9. The van der Waals surface area contributed by atoms with E-state index in [-0.39, 0.29) is 5.75 Å². The van der Waals surface area contributed by atoms with Crippen LogP contribution in [0.3, 0.4) is 0 Å². The van der Waals surface area contributed by atoms with Gasteiger partial charge < -0.3 is 15.4 Å². The fourth-order valence-corrected chi connectivity index (χ4v) is 3.29. The number of carbonyl (C=O) groups is 3. The van der Waals surface area contributed by atoms with E-state index >= 15 is 0 Å². The van der Waals surface area contributed by atoms with Crippen molar-refractivity contribution in [2.45, 2.75) is 32.9 Å². The minimum absolute atomic E-state index is 0.0705. The number of alkyl halides is 2. The van der Waals surface area contributed by atoms with Crippen LogP contribution in [0.25, 0.3) is 0 Å². The van der Waals surface area contributed by atoms with Gasteiger partial charge in [0, 0.05) is 5.69 Å². The highest BCUT2D eigenvalue weighted by molar-refractivity contribution is 6.10. The van der Waals surface area contributed by atoms with Crippen molar-refractivity contribution in [2.75, 3.05) is 11.9 Å². The van der Waals surface area contributed by atoms with Gasteiger partial charge in [-0.3, -0.25) is 14.5 Å². The van der Waals surface area contributed by atoms with Gasteiger partial charge in [-0.2, -0.15) is 8.78 Å². The molecule has 4 amide bonds. The van der Waals surface area contributed by atoms with Crippen LogP contribution >= 0.6 is 0 Å². The molecule has 1 fully saturated rings. The molecule has 9 heteroatoms. The molecule has 2 N–H and O–H groups in total. The molecule has 3 rings (SSSR count). The maximum absolute atomic E-state index is 12.9. The lowest BCUT2D eigenvalue weighted by Gasteiger charge is -2.22. The topological polar surface area (TPSA) is 87.7 Å². The zero-order valence-electron chi connectivity index (χ0n) is 16.7. The first kappa shape index (κ1) is 21.2. The first-order valence-corrected chi connectivity index (χ1v) is 9.17. The van der Waals surface area contributed by atoms with Crippen molar-refractivity contribution in [3.05, 3.63) is 59.2 Å². The zero-order chi connectivity index (χ0) is 22.1. The van der Waals surface area contributed by atoms with Crippen LogP contribution in [-0.4, -0.2) is 35.9 Å². The number of halogens is 2. The van der Waals surface area contributed by atoms with E-state index in [1.165, 1.54) is 31.2 Å². The first-order chi connectivity index (χ1) is 14.1. The van der Waals surface area contributed by atoms with Gasteiger partial charge in [0.1, 0.15) is 17.8 Å². The maximum atomic E-state index is 12.9. The van der Waals surface area contributed by atoms with Crippen molar-refractivity contribution in [3.8, 4) is 5.75 Å². The third kappa shape index (κ3) is 4.24. The number of nitrogens with one attached hydrogen (secondary N) is 2. The number of carbonyl (C=O) groups excluding carboxylic acids is 3. The van der Waals surface area contributed by atoms with E-state index in [0.717, 1.165) is 16.0 Å². The molecule has 7 nitrogen and oxygen atoms in total. The molecule has 0 spiro atoms. The van der Waals surface area contributed by atoms with Gasteiger partial charge in [0.05, 0.1) is 0 Å². The highest BCUT2D eigenvalue weighted by Crippen LogP contribution is 2.30.